The molecule has 2 rings (SSSR count). The third-order valence-electron chi connectivity index (χ3n) is 2.58. The molecule has 90 valence electrons. The summed E-state index contributed by atoms with van der Waals surface area (Å²) in [6.07, 6.45) is 0. The molecule has 17 heavy (non-hydrogen) atoms. The molecule has 2 N–H and O–H groups in total. The van der Waals surface area contributed by atoms with Gasteiger partial charge < -0.3 is 14.2 Å². The SMILES string of the molecule is Cc1ccc2oc(=O)c(P(=O)(O)O)c(C)c2c1. The lowest BCUT2D eigenvalue weighted by Crippen LogP contribution is -2.26. The molecule has 1 heterocycles. The van der Waals surface area contributed by atoms with Crippen molar-refractivity contribution in [3.05, 3.63) is 39.7 Å². The molecule has 0 unspecified atom stereocenters. The predicted molar refractivity (Wildman–Crippen MR) is 63.6 cm³/mol. The minimum atomic E-state index is -4.62. The minimum absolute atomic E-state index is 0.272. The maximum absolute atomic E-state index is 11.5. The summed E-state index contributed by atoms with van der Waals surface area (Å²) < 4.78 is 16.1. The van der Waals surface area contributed by atoms with E-state index >= 15 is 0 Å². The second kappa shape index (κ2) is 3.81. The van der Waals surface area contributed by atoms with Gasteiger partial charge in [0.2, 0.25) is 0 Å². The highest BCUT2D eigenvalue weighted by atomic mass is 31.2. The van der Waals surface area contributed by atoms with Crippen LogP contribution in [0, 0.1) is 13.8 Å². The van der Waals surface area contributed by atoms with Gasteiger partial charge in [0.25, 0.3) is 0 Å². The molecule has 0 saturated carbocycles. The second-order valence-corrected chi connectivity index (χ2v) is 5.44. The van der Waals surface area contributed by atoms with Crippen LogP contribution in [-0.2, 0) is 4.57 Å². The molecule has 6 heteroatoms. The van der Waals surface area contributed by atoms with Gasteiger partial charge in [-0.15, -0.1) is 0 Å². The van der Waals surface area contributed by atoms with Crippen LogP contribution in [0.4, 0.5) is 0 Å². The molecule has 1 aromatic carbocycles. The van der Waals surface area contributed by atoms with Crippen LogP contribution in [0.5, 0.6) is 0 Å². The third-order valence-corrected chi connectivity index (χ3v) is 3.68. The smallest absolute Gasteiger partial charge is 0.363 e. The highest BCUT2D eigenvalue weighted by Crippen LogP contribution is 2.34. The molecule has 0 amide bonds. The van der Waals surface area contributed by atoms with Crippen molar-refractivity contribution in [2.24, 2.45) is 0 Å². The van der Waals surface area contributed by atoms with E-state index in [1.165, 1.54) is 6.92 Å². The molecular formula is C11H11O5P. The predicted octanol–water partition coefficient (Wildman–Crippen LogP) is 1.21. The van der Waals surface area contributed by atoms with Crippen molar-refractivity contribution in [2.75, 3.05) is 0 Å². The fraction of sp³-hybridized carbons (Fsp3) is 0.182. The van der Waals surface area contributed by atoms with Gasteiger partial charge in [0.15, 0.2) is 5.30 Å². The van der Waals surface area contributed by atoms with Crippen molar-refractivity contribution in [1.82, 2.24) is 0 Å². The number of benzene rings is 1. The Labute approximate surface area is 96.9 Å². The standard InChI is InChI=1S/C11H11O5P/c1-6-3-4-9-8(5-6)7(2)10(11(12)16-9)17(13,14)15/h3-5H,1-2H3,(H2,13,14,15). The average molecular weight is 254 g/mol. The number of aryl methyl sites for hydroxylation is 2. The Bertz CT molecular complexity index is 695. The summed E-state index contributed by atoms with van der Waals surface area (Å²) in [5, 5.41) is -0.0153. The van der Waals surface area contributed by atoms with Crippen molar-refractivity contribution in [3.63, 3.8) is 0 Å². The molecule has 0 saturated heterocycles. The van der Waals surface area contributed by atoms with E-state index in [0.717, 1.165) is 5.56 Å². The van der Waals surface area contributed by atoms with Gasteiger partial charge in [0.1, 0.15) is 5.58 Å². The molecule has 2 aromatic rings. The van der Waals surface area contributed by atoms with Crippen LogP contribution in [0.1, 0.15) is 11.1 Å². The molecule has 0 aliphatic rings. The molecule has 0 radical (unpaired) electrons. The first-order valence-corrected chi connectivity index (χ1v) is 6.52. The molecule has 0 bridgehead atoms. The van der Waals surface area contributed by atoms with E-state index in [4.69, 9.17) is 14.2 Å². The van der Waals surface area contributed by atoms with E-state index in [-0.39, 0.29) is 5.56 Å². The summed E-state index contributed by atoms with van der Waals surface area (Å²) in [7, 11) is -4.62. The van der Waals surface area contributed by atoms with Crippen LogP contribution in [0.3, 0.4) is 0 Å². The normalized spacial score (nSPS) is 12.0. The first kappa shape index (κ1) is 12.0. The van der Waals surface area contributed by atoms with Gasteiger partial charge in [0.05, 0.1) is 0 Å². The molecule has 0 aliphatic carbocycles. The maximum Gasteiger partial charge on any atom is 0.363 e. The van der Waals surface area contributed by atoms with Crippen molar-refractivity contribution < 1.29 is 18.8 Å². The lowest BCUT2D eigenvalue weighted by atomic mass is 10.1. The van der Waals surface area contributed by atoms with E-state index in [1.807, 2.05) is 6.92 Å². The molecule has 0 fully saturated rings. The first-order chi connectivity index (χ1) is 7.80. The van der Waals surface area contributed by atoms with Gasteiger partial charge in [0, 0.05) is 5.39 Å². The molecule has 1 aromatic heterocycles. The summed E-state index contributed by atoms with van der Waals surface area (Å²) in [4.78, 5) is 29.8. The monoisotopic (exact) mass is 254 g/mol. The van der Waals surface area contributed by atoms with Crippen molar-refractivity contribution in [3.8, 4) is 0 Å². The molecule has 0 spiro atoms. The zero-order valence-electron chi connectivity index (χ0n) is 9.30. The lowest BCUT2D eigenvalue weighted by molar-refractivity contribution is 0.385. The first-order valence-electron chi connectivity index (χ1n) is 4.91. The fourth-order valence-corrected chi connectivity index (χ4v) is 2.63. The van der Waals surface area contributed by atoms with Crippen LogP contribution in [0.25, 0.3) is 11.0 Å². The quantitative estimate of drug-likeness (QED) is 0.590. The largest absolute Gasteiger partial charge is 0.422 e. The third kappa shape index (κ3) is 2.05. The van der Waals surface area contributed by atoms with Gasteiger partial charge in [-0.25, -0.2) is 4.79 Å². The molecule has 0 atom stereocenters. The van der Waals surface area contributed by atoms with Crippen LogP contribution in [-0.4, -0.2) is 9.79 Å². The van der Waals surface area contributed by atoms with Crippen LogP contribution >= 0.6 is 7.60 Å². The topological polar surface area (TPSA) is 87.7 Å². The van der Waals surface area contributed by atoms with Gasteiger partial charge in [-0.1, -0.05) is 11.6 Å². The number of hydrogen-bond donors (Lipinski definition) is 2. The Morgan fingerprint density at radius 1 is 1.24 bits per heavy atom. The number of fused-ring (bicyclic) bond motifs is 1. The highest BCUT2D eigenvalue weighted by Gasteiger charge is 2.27. The number of rotatable bonds is 1. The molecular weight excluding hydrogens is 243 g/mol. The van der Waals surface area contributed by atoms with Gasteiger partial charge in [-0.2, -0.15) is 0 Å². The Kier molecular flexibility index (Phi) is 2.70. The lowest BCUT2D eigenvalue weighted by Gasteiger charge is -2.08. The van der Waals surface area contributed by atoms with E-state index < -0.39 is 18.5 Å². The summed E-state index contributed by atoms with van der Waals surface area (Å²) in [6.45, 7) is 3.36. The molecule has 5 nitrogen and oxygen atoms in total. The Morgan fingerprint density at radius 2 is 1.88 bits per heavy atom. The maximum atomic E-state index is 11.5. The molecule has 0 aliphatic heterocycles. The summed E-state index contributed by atoms with van der Waals surface area (Å²) in [5.74, 6) is 0. The Balaban J connectivity index is 2.98. The van der Waals surface area contributed by atoms with Crippen LogP contribution in [0.2, 0.25) is 0 Å². The van der Waals surface area contributed by atoms with Crippen LogP contribution < -0.4 is 10.9 Å². The Morgan fingerprint density at radius 3 is 2.47 bits per heavy atom. The van der Waals surface area contributed by atoms with E-state index in [9.17, 15) is 9.36 Å². The average Bonchev–Trinajstić information content (AvgIpc) is 2.17. The van der Waals surface area contributed by atoms with E-state index in [2.05, 4.69) is 0 Å². The van der Waals surface area contributed by atoms with Gasteiger partial charge in [-0.05, 0) is 31.5 Å². The minimum Gasteiger partial charge on any atom is -0.422 e. The van der Waals surface area contributed by atoms with Crippen molar-refractivity contribution in [1.29, 1.82) is 0 Å². The van der Waals surface area contributed by atoms with Gasteiger partial charge in [-0.3, -0.25) is 4.57 Å². The summed E-state index contributed by atoms with van der Waals surface area (Å²) >= 11 is 0. The number of hydrogen-bond acceptors (Lipinski definition) is 3. The highest BCUT2D eigenvalue weighted by molar-refractivity contribution is 7.60. The van der Waals surface area contributed by atoms with Gasteiger partial charge >= 0.3 is 13.2 Å². The van der Waals surface area contributed by atoms with Crippen LogP contribution in [0.15, 0.2) is 27.4 Å². The van der Waals surface area contributed by atoms with E-state index in [1.54, 1.807) is 18.2 Å². The second-order valence-electron chi connectivity index (χ2n) is 3.91. The zero-order valence-corrected chi connectivity index (χ0v) is 10.2. The summed E-state index contributed by atoms with van der Waals surface area (Å²) in [6, 6.07) is 5.11. The van der Waals surface area contributed by atoms with Crippen molar-refractivity contribution >= 4 is 23.9 Å². The Hall–Kier alpha value is -1.42. The van der Waals surface area contributed by atoms with E-state index in [0.29, 0.717) is 11.0 Å². The zero-order chi connectivity index (χ0) is 12.8. The fourth-order valence-electron chi connectivity index (χ4n) is 1.79. The summed E-state index contributed by atoms with van der Waals surface area (Å²) in [5.41, 5.74) is 0.543. The van der Waals surface area contributed by atoms with Crippen molar-refractivity contribution in [2.45, 2.75) is 13.8 Å².